The molecule has 0 aromatic heterocycles. The molecule has 0 radical (unpaired) electrons. The standard InChI is InChI=1S/C13H17N/c1-4-11-9-7-8-10-13(11)14-12(5-2)6-3/h1,7-10,12,14H,5-6H2,2-3H3. The fraction of sp³-hybridized carbons (Fsp3) is 0.385. The minimum absolute atomic E-state index is 0.518. The van der Waals surface area contributed by atoms with E-state index in [1.165, 1.54) is 0 Å². The van der Waals surface area contributed by atoms with Crippen molar-refractivity contribution in [2.75, 3.05) is 5.32 Å². The molecule has 0 aliphatic heterocycles. The Hall–Kier alpha value is -1.42. The van der Waals surface area contributed by atoms with Crippen LogP contribution in [-0.4, -0.2) is 6.04 Å². The molecule has 0 aliphatic carbocycles. The highest BCUT2D eigenvalue weighted by molar-refractivity contribution is 5.58. The van der Waals surface area contributed by atoms with Crippen molar-refractivity contribution in [1.82, 2.24) is 0 Å². The van der Waals surface area contributed by atoms with Gasteiger partial charge in [0, 0.05) is 11.6 Å². The summed E-state index contributed by atoms with van der Waals surface area (Å²) in [6.07, 6.45) is 7.66. The van der Waals surface area contributed by atoms with Crippen LogP contribution in [0.25, 0.3) is 0 Å². The highest BCUT2D eigenvalue weighted by atomic mass is 14.9. The average molecular weight is 187 g/mol. The van der Waals surface area contributed by atoms with Gasteiger partial charge in [0.05, 0.1) is 5.69 Å². The van der Waals surface area contributed by atoms with E-state index in [2.05, 4.69) is 25.1 Å². The van der Waals surface area contributed by atoms with Crippen molar-refractivity contribution in [3.8, 4) is 12.3 Å². The number of hydrogen-bond donors (Lipinski definition) is 1. The molecule has 1 N–H and O–H groups in total. The van der Waals surface area contributed by atoms with Crippen molar-refractivity contribution < 1.29 is 0 Å². The zero-order valence-corrected chi connectivity index (χ0v) is 8.88. The maximum absolute atomic E-state index is 5.42. The lowest BCUT2D eigenvalue weighted by Gasteiger charge is -2.17. The van der Waals surface area contributed by atoms with Gasteiger partial charge in [-0.1, -0.05) is 31.9 Å². The third-order valence-corrected chi connectivity index (χ3v) is 2.43. The van der Waals surface area contributed by atoms with E-state index in [0.29, 0.717) is 6.04 Å². The van der Waals surface area contributed by atoms with Gasteiger partial charge in [-0.05, 0) is 25.0 Å². The fourth-order valence-electron chi connectivity index (χ4n) is 1.45. The number of para-hydroxylation sites is 1. The Morgan fingerprint density at radius 3 is 2.50 bits per heavy atom. The molecule has 0 fully saturated rings. The van der Waals surface area contributed by atoms with Crippen LogP contribution in [-0.2, 0) is 0 Å². The Bertz CT molecular complexity index is 318. The van der Waals surface area contributed by atoms with Gasteiger partial charge in [0.15, 0.2) is 0 Å². The first-order valence-electron chi connectivity index (χ1n) is 5.14. The number of terminal acetylenes is 1. The molecule has 1 aromatic carbocycles. The van der Waals surface area contributed by atoms with Gasteiger partial charge in [0.2, 0.25) is 0 Å². The van der Waals surface area contributed by atoms with Gasteiger partial charge in [-0.2, -0.15) is 0 Å². The average Bonchev–Trinajstić information content (AvgIpc) is 2.26. The van der Waals surface area contributed by atoms with Crippen LogP contribution < -0.4 is 5.32 Å². The molecule has 0 saturated heterocycles. The zero-order chi connectivity index (χ0) is 10.4. The molecule has 0 aliphatic rings. The number of nitrogens with one attached hydrogen (secondary N) is 1. The predicted molar refractivity (Wildman–Crippen MR) is 62.4 cm³/mol. The molecule has 14 heavy (non-hydrogen) atoms. The molecule has 0 amide bonds. The molecule has 1 nitrogen and oxygen atoms in total. The summed E-state index contributed by atoms with van der Waals surface area (Å²) in [4.78, 5) is 0. The third-order valence-electron chi connectivity index (χ3n) is 2.43. The molecule has 0 unspecified atom stereocenters. The van der Waals surface area contributed by atoms with Gasteiger partial charge in [-0.25, -0.2) is 0 Å². The summed E-state index contributed by atoms with van der Waals surface area (Å²) in [5, 5.41) is 3.46. The normalized spacial score (nSPS) is 9.86. The molecule has 0 bridgehead atoms. The first-order valence-corrected chi connectivity index (χ1v) is 5.14. The quantitative estimate of drug-likeness (QED) is 0.713. The summed E-state index contributed by atoms with van der Waals surface area (Å²) in [6.45, 7) is 4.36. The van der Waals surface area contributed by atoms with Gasteiger partial charge >= 0.3 is 0 Å². The molecular formula is C13H17N. The molecule has 0 saturated carbocycles. The molecule has 1 rings (SSSR count). The highest BCUT2D eigenvalue weighted by Gasteiger charge is 2.04. The number of hydrogen-bond acceptors (Lipinski definition) is 1. The van der Waals surface area contributed by atoms with Crippen molar-refractivity contribution >= 4 is 5.69 Å². The van der Waals surface area contributed by atoms with Crippen molar-refractivity contribution in [2.45, 2.75) is 32.7 Å². The van der Waals surface area contributed by atoms with Crippen molar-refractivity contribution in [1.29, 1.82) is 0 Å². The topological polar surface area (TPSA) is 12.0 Å². The monoisotopic (exact) mass is 187 g/mol. The maximum atomic E-state index is 5.42. The molecule has 74 valence electrons. The Morgan fingerprint density at radius 1 is 1.29 bits per heavy atom. The molecule has 0 atom stereocenters. The van der Waals surface area contributed by atoms with E-state index in [4.69, 9.17) is 6.42 Å². The van der Waals surface area contributed by atoms with Gasteiger partial charge in [0.25, 0.3) is 0 Å². The SMILES string of the molecule is C#Cc1ccccc1NC(CC)CC. The lowest BCUT2D eigenvalue weighted by Crippen LogP contribution is -2.17. The van der Waals surface area contributed by atoms with E-state index in [0.717, 1.165) is 24.1 Å². The van der Waals surface area contributed by atoms with Crippen LogP contribution in [0.4, 0.5) is 5.69 Å². The number of anilines is 1. The van der Waals surface area contributed by atoms with E-state index in [-0.39, 0.29) is 0 Å². The molecule has 1 heteroatoms. The second-order valence-electron chi connectivity index (χ2n) is 3.35. The van der Waals surface area contributed by atoms with Crippen LogP contribution >= 0.6 is 0 Å². The van der Waals surface area contributed by atoms with Crippen LogP contribution in [0, 0.1) is 12.3 Å². The zero-order valence-electron chi connectivity index (χ0n) is 8.88. The Morgan fingerprint density at radius 2 is 1.93 bits per heavy atom. The van der Waals surface area contributed by atoms with E-state index in [1.807, 2.05) is 24.3 Å². The van der Waals surface area contributed by atoms with E-state index in [9.17, 15) is 0 Å². The lowest BCUT2D eigenvalue weighted by atomic mass is 10.1. The fourth-order valence-corrected chi connectivity index (χ4v) is 1.45. The maximum Gasteiger partial charge on any atom is 0.0501 e. The minimum Gasteiger partial charge on any atom is -0.381 e. The minimum atomic E-state index is 0.518. The van der Waals surface area contributed by atoms with Crippen LogP contribution in [0.2, 0.25) is 0 Å². The molecule has 1 aromatic rings. The van der Waals surface area contributed by atoms with Gasteiger partial charge in [-0.15, -0.1) is 6.42 Å². The first kappa shape index (κ1) is 10.7. The van der Waals surface area contributed by atoms with E-state index in [1.54, 1.807) is 0 Å². The van der Waals surface area contributed by atoms with Crippen LogP contribution in [0.15, 0.2) is 24.3 Å². The van der Waals surface area contributed by atoms with E-state index >= 15 is 0 Å². The van der Waals surface area contributed by atoms with Gasteiger partial charge in [-0.3, -0.25) is 0 Å². The Balaban J connectivity index is 2.80. The Kier molecular flexibility index (Phi) is 4.07. The molecule has 0 heterocycles. The summed E-state index contributed by atoms with van der Waals surface area (Å²) in [5.41, 5.74) is 2.02. The summed E-state index contributed by atoms with van der Waals surface area (Å²) >= 11 is 0. The Labute approximate surface area is 86.5 Å². The summed E-state index contributed by atoms with van der Waals surface area (Å²) in [6, 6.07) is 8.49. The van der Waals surface area contributed by atoms with Crippen LogP contribution in [0.5, 0.6) is 0 Å². The number of rotatable bonds is 4. The van der Waals surface area contributed by atoms with Gasteiger partial charge < -0.3 is 5.32 Å². The largest absolute Gasteiger partial charge is 0.381 e. The number of benzene rings is 1. The van der Waals surface area contributed by atoms with E-state index < -0.39 is 0 Å². The smallest absolute Gasteiger partial charge is 0.0501 e. The first-order chi connectivity index (χ1) is 6.81. The van der Waals surface area contributed by atoms with Crippen molar-refractivity contribution in [3.05, 3.63) is 29.8 Å². The second-order valence-corrected chi connectivity index (χ2v) is 3.35. The van der Waals surface area contributed by atoms with Crippen LogP contribution in [0.3, 0.4) is 0 Å². The summed E-state index contributed by atoms with van der Waals surface area (Å²) < 4.78 is 0. The molecule has 0 spiro atoms. The highest BCUT2D eigenvalue weighted by Crippen LogP contribution is 2.16. The lowest BCUT2D eigenvalue weighted by molar-refractivity contribution is 0.671. The predicted octanol–water partition coefficient (Wildman–Crippen LogP) is 3.27. The van der Waals surface area contributed by atoms with Crippen LogP contribution in [0.1, 0.15) is 32.3 Å². The second kappa shape index (κ2) is 5.34. The summed E-state index contributed by atoms with van der Waals surface area (Å²) in [5.74, 6) is 2.69. The van der Waals surface area contributed by atoms with Crippen molar-refractivity contribution in [3.63, 3.8) is 0 Å². The van der Waals surface area contributed by atoms with Crippen molar-refractivity contribution in [2.24, 2.45) is 0 Å². The third kappa shape index (κ3) is 2.53. The van der Waals surface area contributed by atoms with Gasteiger partial charge in [0.1, 0.15) is 0 Å². The summed E-state index contributed by atoms with van der Waals surface area (Å²) in [7, 11) is 0. The molecular weight excluding hydrogens is 170 g/mol.